The van der Waals surface area contributed by atoms with Crippen LogP contribution in [0.2, 0.25) is 0 Å². The van der Waals surface area contributed by atoms with Gasteiger partial charge in [-0.2, -0.15) is 0 Å². The molecule has 30 heavy (non-hydrogen) atoms. The van der Waals surface area contributed by atoms with Gasteiger partial charge in [-0.25, -0.2) is 9.97 Å². The lowest BCUT2D eigenvalue weighted by Gasteiger charge is -2.34. The molecule has 1 aliphatic carbocycles. The van der Waals surface area contributed by atoms with Gasteiger partial charge in [-0.05, 0) is 56.0 Å². The number of rotatable bonds is 6. The van der Waals surface area contributed by atoms with Crippen LogP contribution >= 0.6 is 12.4 Å². The summed E-state index contributed by atoms with van der Waals surface area (Å²) >= 11 is 0. The molecule has 6 N–H and O–H groups in total. The number of amides is 1. The van der Waals surface area contributed by atoms with Crippen molar-refractivity contribution in [1.82, 2.24) is 15.3 Å². The average Bonchev–Trinajstić information content (AvgIpc) is 2.96. The molecule has 0 radical (unpaired) electrons. The fourth-order valence-corrected chi connectivity index (χ4v) is 4.45. The zero-order chi connectivity index (χ0) is 20.4. The second-order valence-electron chi connectivity index (χ2n) is 7.86. The monoisotopic (exact) mass is 432 g/mol. The molecule has 0 saturated heterocycles. The van der Waals surface area contributed by atoms with E-state index in [1.807, 2.05) is 13.0 Å². The molecule has 2 aliphatic rings. The zero-order valence-electron chi connectivity index (χ0n) is 17.2. The van der Waals surface area contributed by atoms with E-state index in [1.54, 1.807) is 0 Å². The van der Waals surface area contributed by atoms with E-state index in [2.05, 4.69) is 26.7 Å². The summed E-state index contributed by atoms with van der Waals surface area (Å²) in [4.78, 5) is 21.0. The van der Waals surface area contributed by atoms with Gasteiger partial charge >= 0.3 is 0 Å². The summed E-state index contributed by atoms with van der Waals surface area (Å²) in [6.45, 7) is 2.94. The number of aromatic nitrogens is 2. The fourth-order valence-electron chi connectivity index (χ4n) is 4.45. The first-order valence-corrected chi connectivity index (χ1v) is 10.2. The number of carbonyl (C=O) groups is 1. The standard InChI is InChI=1S/C21H28N6O2.ClH/c1-13-10-14(26-19-17(29-9-5-8-22)18(23)24-12-25-19)11-15-16(13)20(28)27-21(15)6-3-2-4-7-21;/h10-12H,2-9,22H2,1H3,(H,27,28)(H3,23,24,25,26);1H. The molecule has 1 aromatic heterocycles. The van der Waals surface area contributed by atoms with Crippen molar-refractivity contribution < 1.29 is 9.53 Å². The quantitative estimate of drug-likeness (QED) is 0.516. The van der Waals surface area contributed by atoms with Crippen molar-refractivity contribution in [3.05, 3.63) is 35.2 Å². The lowest BCUT2D eigenvalue weighted by Crippen LogP contribution is -2.40. The first kappa shape index (κ1) is 22.1. The third-order valence-corrected chi connectivity index (χ3v) is 5.83. The van der Waals surface area contributed by atoms with E-state index in [0.717, 1.165) is 48.1 Å². The van der Waals surface area contributed by atoms with E-state index >= 15 is 0 Å². The summed E-state index contributed by atoms with van der Waals surface area (Å²) in [6.07, 6.45) is 7.53. The average molecular weight is 433 g/mol. The van der Waals surface area contributed by atoms with Crippen LogP contribution in [0, 0.1) is 6.92 Å². The van der Waals surface area contributed by atoms with Crippen molar-refractivity contribution >= 4 is 35.6 Å². The molecule has 162 valence electrons. The lowest BCUT2D eigenvalue weighted by atomic mass is 9.77. The number of nitrogens with two attached hydrogens (primary N) is 2. The summed E-state index contributed by atoms with van der Waals surface area (Å²) in [6, 6.07) is 4.02. The van der Waals surface area contributed by atoms with Gasteiger partial charge < -0.3 is 26.8 Å². The Labute approximate surface area is 182 Å². The normalized spacial score (nSPS) is 16.5. The molecule has 1 amide bonds. The van der Waals surface area contributed by atoms with Crippen LogP contribution < -0.4 is 26.8 Å². The molecule has 1 aromatic carbocycles. The summed E-state index contributed by atoms with van der Waals surface area (Å²) < 4.78 is 5.77. The number of nitrogen functional groups attached to an aromatic ring is 1. The van der Waals surface area contributed by atoms with E-state index in [9.17, 15) is 4.79 Å². The van der Waals surface area contributed by atoms with Crippen molar-refractivity contribution in [2.45, 2.75) is 51.0 Å². The molecular weight excluding hydrogens is 404 g/mol. The van der Waals surface area contributed by atoms with Crippen LogP contribution in [0.1, 0.15) is 60.0 Å². The van der Waals surface area contributed by atoms with Crippen LogP contribution in [-0.2, 0) is 5.54 Å². The third-order valence-electron chi connectivity index (χ3n) is 5.83. The van der Waals surface area contributed by atoms with E-state index < -0.39 is 0 Å². The van der Waals surface area contributed by atoms with E-state index in [1.165, 1.54) is 12.7 Å². The minimum Gasteiger partial charge on any atom is -0.486 e. The van der Waals surface area contributed by atoms with Gasteiger partial charge in [0.2, 0.25) is 5.75 Å². The summed E-state index contributed by atoms with van der Waals surface area (Å²) in [5, 5.41) is 6.59. The van der Waals surface area contributed by atoms with Crippen molar-refractivity contribution in [2.75, 3.05) is 24.2 Å². The van der Waals surface area contributed by atoms with Crippen LogP contribution in [0.25, 0.3) is 0 Å². The van der Waals surface area contributed by atoms with Crippen LogP contribution in [0.15, 0.2) is 18.5 Å². The third kappa shape index (κ3) is 4.02. The number of halogens is 1. The van der Waals surface area contributed by atoms with Crippen LogP contribution in [0.5, 0.6) is 5.75 Å². The minimum absolute atomic E-state index is 0. The van der Waals surface area contributed by atoms with Crippen molar-refractivity contribution in [3.63, 3.8) is 0 Å². The van der Waals surface area contributed by atoms with E-state index in [4.69, 9.17) is 16.2 Å². The predicted molar refractivity (Wildman–Crippen MR) is 120 cm³/mol. The summed E-state index contributed by atoms with van der Waals surface area (Å²) in [5.74, 6) is 1.23. The molecule has 9 heteroatoms. The fraction of sp³-hybridized carbons (Fsp3) is 0.476. The molecule has 2 aromatic rings. The number of nitrogens with zero attached hydrogens (tertiary/aromatic N) is 2. The van der Waals surface area contributed by atoms with Gasteiger partial charge in [0.15, 0.2) is 11.6 Å². The number of aryl methyl sites for hydroxylation is 1. The summed E-state index contributed by atoms with van der Waals surface area (Å²) in [5.41, 5.74) is 15.0. The van der Waals surface area contributed by atoms with Gasteiger partial charge in [0.05, 0.1) is 12.1 Å². The molecule has 1 fully saturated rings. The first-order valence-electron chi connectivity index (χ1n) is 10.2. The van der Waals surface area contributed by atoms with E-state index in [-0.39, 0.29) is 29.7 Å². The maximum Gasteiger partial charge on any atom is 0.252 e. The lowest BCUT2D eigenvalue weighted by molar-refractivity contribution is 0.0909. The number of ether oxygens (including phenoxy) is 1. The molecule has 2 heterocycles. The summed E-state index contributed by atoms with van der Waals surface area (Å²) in [7, 11) is 0. The topological polar surface area (TPSA) is 128 Å². The Kier molecular flexibility index (Phi) is 6.67. The number of nitrogens with one attached hydrogen (secondary N) is 2. The molecule has 0 atom stereocenters. The predicted octanol–water partition coefficient (Wildman–Crippen LogP) is 3.16. The molecule has 4 rings (SSSR count). The Morgan fingerprint density at radius 1 is 1.23 bits per heavy atom. The molecule has 1 spiro atoms. The Morgan fingerprint density at radius 3 is 2.73 bits per heavy atom. The Hall–Kier alpha value is -2.58. The van der Waals surface area contributed by atoms with Gasteiger partial charge in [0.1, 0.15) is 6.33 Å². The first-order chi connectivity index (χ1) is 14.0. The van der Waals surface area contributed by atoms with E-state index in [0.29, 0.717) is 31.1 Å². The molecular formula is C21H29ClN6O2. The SMILES string of the molecule is Cc1cc(Nc2ncnc(N)c2OCCCN)cc2c1C(=O)NC21CCCCC1.Cl. The van der Waals surface area contributed by atoms with Gasteiger partial charge in [-0.15, -0.1) is 12.4 Å². The molecule has 8 nitrogen and oxygen atoms in total. The van der Waals surface area contributed by atoms with Crippen LogP contribution in [0.4, 0.5) is 17.3 Å². The second kappa shape index (κ2) is 9.06. The highest BCUT2D eigenvalue weighted by molar-refractivity contribution is 6.02. The number of hydrogen-bond donors (Lipinski definition) is 4. The molecule has 1 saturated carbocycles. The second-order valence-corrected chi connectivity index (χ2v) is 7.86. The maximum absolute atomic E-state index is 12.7. The van der Waals surface area contributed by atoms with Gasteiger partial charge in [0, 0.05) is 11.3 Å². The number of fused-ring (bicyclic) bond motifs is 2. The number of benzene rings is 1. The van der Waals surface area contributed by atoms with Gasteiger partial charge in [-0.1, -0.05) is 19.3 Å². The highest BCUT2D eigenvalue weighted by Crippen LogP contribution is 2.45. The molecule has 0 unspecified atom stereocenters. The van der Waals surface area contributed by atoms with Crippen LogP contribution in [-0.4, -0.2) is 29.0 Å². The highest BCUT2D eigenvalue weighted by Gasteiger charge is 2.44. The Balaban J connectivity index is 0.00000256. The zero-order valence-corrected chi connectivity index (χ0v) is 18.0. The Bertz CT molecular complexity index is 930. The van der Waals surface area contributed by atoms with Crippen molar-refractivity contribution in [3.8, 4) is 5.75 Å². The van der Waals surface area contributed by atoms with Gasteiger partial charge in [0.25, 0.3) is 5.91 Å². The number of anilines is 3. The van der Waals surface area contributed by atoms with Crippen molar-refractivity contribution in [1.29, 1.82) is 0 Å². The van der Waals surface area contributed by atoms with Gasteiger partial charge in [-0.3, -0.25) is 4.79 Å². The maximum atomic E-state index is 12.7. The highest BCUT2D eigenvalue weighted by atomic mass is 35.5. The molecule has 0 bridgehead atoms. The largest absolute Gasteiger partial charge is 0.486 e. The van der Waals surface area contributed by atoms with Crippen molar-refractivity contribution in [2.24, 2.45) is 5.73 Å². The Morgan fingerprint density at radius 2 is 2.00 bits per heavy atom. The number of carbonyl (C=O) groups excluding carboxylic acids is 1. The van der Waals surface area contributed by atoms with Crippen LogP contribution in [0.3, 0.4) is 0 Å². The number of hydrogen-bond acceptors (Lipinski definition) is 7. The smallest absolute Gasteiger partial charge is 0.252 e. The molecule has 1 aliphatic heterocycles. The minimum atomic E-state index is -0.252.